The van der Waals surface area contributed by atoms with Crippen LogP contribution in [0.25, 0.3) is 0 Å². The summed E-state index contributed by atoms with van der Waals surface area (Å²) in [6, 6.07) is 13.9. The zero-order valence-electron chi connectivity index (χ0n) is 15.6. The first-order chi connectivity index (χ1) is 14.0. The lowest BCUT2D eigenvalue weighted by atomic mass is 9.84. The fourth-order valence-electron chi connectivity index (χ4n) is 3.72. The maximum atomic E-state index is 13.1. The first-order valence-corrected chi connectivity index (χ1v) is 9.75. The van der Waals surface area contributed by atoms with Crippen molar-refractivity contribution in [3.05, 3.63) is 64.7 Å². The van der Waals surface area contributed by atoms with E-state index in [0.29, 0.717) is 29.4 Å². The van der Waals surface area contributed by atoms with E-state index in [-0.39, 0.29) is 25.7 Å². The quantitative estimate of drug-likeness (QED) is 0.706. The summed E-state index contributed by atoms with van der Waals surface area (Å²) in [5.41, 5.74) is 0.287. The lowest BCUT2D eigenvalue weighted by molar-refractivity contribution is -0.134. The summed E-state index contributed by atoms with van der Waals surface area (Å²) in [6.45, 7) is 0.360. The number of hydrogen-bond acceptors (Lipinski definition) is 5. The number of benzene rings is 2. The van der Waals surface area contributed by atoms with Gasteiger partial charge in [-0.15, -0.1) is 0 Å². The van der Waals surface area contributed by atoms with Crippen molar-refractivity contribution in [2.45, 2.75) is 24.7 Å². The number of rotatable bonds is 6. The Morgan fingerprint density at radius 1 is 1.21 bits per heavy atom. The van der Waals surface area contributed by atoms with Crippen LogP contribution in [-0.4, -0.2) is 47.8 Å². The number of para-hydroxylation sites is 1. The zero-order chi connectivity index (χ0) is 20.4. The molecule has 1 saturated heterocycles. The number of aliphatic hydroxyl groups is 1. The van der Waals surface area contributed by atoms with Crippen LogP contribution in [0.15, 0.2) is 48.5 Å². The van der Waals surface area contributed by atoms with Crippen molar-refractivity contribution >= 4 is 23.5 Å². The van der Waals surface area contributed by atoms with Crippen LogP contribution < -0.4 is 10.1 Å². The topological polar surface area (TPSA) is 88.1 Å². The number of β-amino-alcohol motifs (C(OH)–C–C–N with tert-alkyl or cyclic N) is 1. The van der Waals surface area contributed by atoms with Gasteiger partial charge in [0.15, 0.2) is 5.54 Å². The van der Waals surface area contributed by atoms with Crippen molar-refractivity contribution in [2.24, 2.45) is 0 Å². The number of urea groups is 1. The van der Waals surface area contributed by atoms with Crippen molar-refractivity contribution in [3.63, 3.8) is 0 Å². The molecule has 0 saturated carbocycles. The van der Waals surface area contributed by atoms with Gasteiger partial charge in [-0.05, 0) is 17.7 Å². The molecule has 1 fully saturated rings. The van der Waals surface area contributed by atoms with Crippen LogP contribution in [0.5, 0.6) is 5.75 Å². The molecule has 0 aromatic heterocycles. The number of aliphatic hydroxyl groups excluding tert-OH is 1. The predicted molar refractivity (Wildman–Crippen MR) is 106 cm³/mol. The van der Waals surface area contributed by atoms with Crippen LogP contribution in [0.1, 0.15) is 17.5 Å². The number of ether oxygens (including phenoxy) is 2. The number of carbonyl (C=O) groups is 2. The van der Waals surface area contributed by atoms with E-state index in [2.05, 4.69) is 5.32 Å². The second kappa shape index (κ2) is 8.02. The molecule has 0 aliphatic carbocycles. The van der Waals surface area contributed by atoms with E-state index in [1.807, 2.05) is 24.3 Å². The largest absolute Gasteiger partial charge is 0.493 e. The van der Waals surface area contributed by atoms with E-state index < -0.39 is 17.7 Å². The maximum Gasteiger partial charge on any atom is 0.325 e. The van der Waals surface area contributed by atoms with Crippen molar-refractivity contribution in [2.75, 3.05) is 19.8 Å². The fraction of sp³-hybridized carbons (Fsp3) is 0.333. The first-order valence-electron chi connectivity index (χ1n) is 9.37. The highest BCUT2D eigenvalue weighted by atomic mass is 35.5. The smallest absolute Gasteiger partial charge is 0.325 e. The number of amides is 3. The van der Waals surface area contributed by atoms with Crippen LogP contribution in [-0.2, 0) is 21.7 Å². The molecule has 2 aromatic carbocycles. The average Bonchev–Trinajstić information content (AvgIpc) is 2.94. The molecule has 1 spiro atoms. The summed E-state index contributed by atoms with van der Waals surface area (Å²) >= 11 is 6.08. The van der Waals surface area contributed by atoms with Gasteiger partial charge in [0, 0.05) is 17.0 Å². The molecule has 2 N–H and O–H groups in total. The Bertz CT molecular complexity index is 937. The Balaban J connectivity index is 1.40. The Morgan fingerprint density at radius 3 is 2.79 bits per heavy atom. The molecule has 0 bridgehead atoms. The molecule has 0 radical (unpaired) electrons. The molecule has 0 unspecified atom stereocenters. The van der Waals surface area contributed by atoms with Gasteiger partial charge in [-0.1, -0.05) is 48.0 Å². The molecule has 8 heteroatoms. The van der Waals surface area contributed by atoms with Crippen LogP contribution in [0, 0.1) is 0 Å². The lowest BCUT2D eigenvalue weighted by Gasteiger charge is -2.33. The molecule has 3 amide bonds. The van der Waals surface area contributed by atoms with Gasteiger partial charge in [-0.25, -0.2) is 4.79 Å². The summed E-state index contributed by atoms with van der Waals surface area (Å²) in [5, 5.41) is 13.7. The number of carbonyl (C=O) groups excluding carboxylic acids is 2. The van der Waals surface area contributed by atoms with Gasteiger partial charge >= 0.3 is 6.03 Å². The normalized spacial score (nSPS) is 21.7. The van der Waals surface area contributed by atoms with E-state index in [9.17, 15) is 14.7 Å². The minimum Gasteiger partial charge on any atom is -0.493 e. The molecule has 4 rings (SSSR count). The molecule has 2 aliphatic rings. The van der Waals surface area contributed by atoms with Gasteiger partial charge in [0.05, 0.1) is 32.5 Å². The number of nitrogens with zero attached hydrogens (tertiary/aromatic N) is 1. The Kier molecular flexibility index (Phi) is 5.45. The van der Waals surface area contributed by atoms with Crippen molar-refractivity contribution in [1.82, 2.24) is 10.2 Å². The van der Waals surface area contributed by atoms with Crippen molar-refractivity contribution in [1.29, 1.82) is 0 Å². The first kappa shape index (κ1) is 19.7. The van der Waals surface area contributed by atoms with Gasteiger partial charge < -0.3 is 19.9 Å². The monoisotopic (exact) mass is 416 g/mol. The number of halogens is 1. The Labute approximate surface area is 173 Å². The van der Waals surface area contributed by atoms with Gasteiger partial charge in [0.25, 0.3) is 5.91 Å². The average molecular weight is 417 g/mol. The van der Waals surface area contributed by atoms with Crippen LogP contribution in [0.3, 0.4) is 0 Å². The third-order valence-electron chi connectivity index (χ3n) is 5.18. The standard InChI is InChI=1S/C21H21ClN2O5/c22-17-7-3-1-5-14(17)12-28-13-15(25)11-24-19(26)21(23-20(24)27)9-10-29-18-8-4-2-6-16(18)21/h1-8,15,25H,9-13H2,(H,23,27)/t15-,21+/m1/s1. The van der Waals surface area contributed by atoms with E-state index in [4.69, 9.17) is 21.1 Å². The second-order valence-electron chi connectivity index (χ2n) is 7.11. The predicted octanol–water partition coefficient (Wildman–Crippen LogP) is 2.45. The molecule has 29 heavy (non-hydrogen) atoms. The molecule has 152 valence electrons. The molecule has 2 aromatic rings. The minimum atomic E-state index is -1.15. The van der Waals surface area contributed by atoms with Crippen molar-refractivity contribution in [3.8, 4) is 5.75 Å². The van der Waals surface area contributed by atoms with Crippen LogP contribution in [0.4, 0.5) is 4.79 Å². The molecule has 2 heterocycles. The van der Waals surface area contributed by atoms with Crippen molar-refractivity contribution < 1.29 is 24.2 Å². The molecule has 2 aliphatic heterocycles. The van der Waals surface area contributed by atoms with Crippen LogP contribution >= 0.6 is 11.6 Å². The van der Waals surface area contributed by atoms with E-state index in [0.717, 1.165) is 10.5 Å². The number of fused-ring (bicyclic) bond motifs is 2. The molecular formula is C21H21ClN2O5. The number of nitrogens with one attached hydrogen (secondary N) is 1. The zero-order valence-corrected chi connectivity index (χ0v) is 16.4. The maximum absolute atomic E-state index is 13.1. The van der Waals surface area contributed by atoms with E-state index >= 15 is 0 Å². The van der Waals surface area contributed by atoms with Crippen LogP contribution in [0.2, 0.25) is 5.02 Å². The second-order valence-corrected chi connectivity index (χ2v) is 7.51. The highest BCUT2D eigenvalue weighted by molar-refractivity contribution is 6.31. The Hall–Kier alpha value is -2.61. The van der Waals surface area contributed by atoms with Gasteiger partial charge in [0.2, 0.25) is 0 Å². The van der Waals surface area contributed by atoms with E-state index in [1.165, 1.54) is 0 Å². The highest BCUT2D eigenvalue weighted by Gasteiger charge is 2.55. The summed E-state index contributed by atoms with van der Waals surface area (Å²) in [5.74, 6) is 0.196. The SMILES string of the molecule is O=C1N[C@]2(CCOc3ccccc32)C(=O)N1C[C@@H](O)COCc1ccccc1Cl. The lowest BCUT2D eigenvalue weighted by Crippen LogP contribution is -2.48. The Morgan fingerprint density at radius 2 is 1.97 bits per heavy atom. The summed E-state index contributed by atoms with van der Waals surface area (Å²) < 4.78 is 11.1. The molecule has 2 atom stereocenters. The fourth-order valence-corrected chi connectivity index (χ4v) is 3.91. The van der Waals surface area contributed by atoms with Gasteiger partial charge in [-0.2, -0.15) is 0 Å². The highest BCUT2D eigenvalue weighted by Crippen LogP contribution is 2.40. The summed E-state index contributed by atoms with van der Waals surface area (Å²) in [7, 11) is 0. The third kappa shape index (κ3) is 3.69. The molecule has 7 nitrogen and oxygen atoms in total. The van der Waals surface area contributed by atoms with Gasteiger partial charge in [-0.3, -0.25) is 9.69 Å². The summed E-state index contributed by atoms with van der Waals surface area (Å²) in [4.78, 5) is 26.7. The summed E-state index contributed by atoms with van der Waals surface area (Å²) in [6.07, 6.45) is -0.679. The number of hydrogen-bond donors (Lipinski definition) is 2. The third-order valence-corrected chi connectivity index (χ3v) is 5.54. The minimum absolute atomic E-state index is 0.0328. The van der Waals surface area contributed by atoms with Gasteiger partial charge in [0.1, 0.15) is 5.75 Å². The molecular weight excluding hydrogens is 396 g/mol. The van der Waals surface area contributed by atoms with E-state index in [1.54, 1.807) is 24.3 Å². The number of imide groups is 1.